The first-order valence-corrected chi connectivity index (χ1v) is 10.4. The second-order valence-electron chi connectivity index (χ2n) is 5.67. The molecule has 0 amide bonds. The Morgan fingerprint density at radius 1 is 1.11 bits per heavy atom. The molecule has 0 radical (unpaired) electrons. The molecule has 0 fully saturated rings. The Kier molecular flexibility index (Phi) is 6.61. The summed E-state index contributed by atoms with van der Waals surface area (Å²) in [5, 5.41) is 4.98. The number of benzene rings is 1. The van der Waals surface area contributed by atoms with Crippen molar-refractivity contribution in [1.29, 1.82) is 0 Å². The van der Waals surface area contributed by atoms with Gasteiger partial charge in [-0.2, -0.15) is 0 Å². The third-order valence-corrected chi connectivity index (χ3v) is 5.06. The van der Waals surface area contributed by atoms with Crippen molar-refractivity contribution in [2.75, 3.05) is 19.8 Å². The van der Waals surface area contributed by atoms with E-state index in [-0.39, 0.29) is 0 Å². The molecule has 1 rings (SSSR count). The molecule has 0 unspecified atom stereocenters. The summed E-state index contributed by atoms with van der Waals surface area (Å²) in [5.41, 5.74) is 1.37. The zero-order valence-electron chi connectivity index (χ0n) is 12.3. The normalized spacial score (nSPS) is 11.8. The van der Waals surface area contributed by atoms with Gasteiger partial charge in [-0.15, -0.1) is 0 Å². The van der Waals surface area contributed by atoms with Crippen LogP contribution in [0, 0.1) is 0 Å². The molecule has 1 N–H and O–H groups in total. The van der Waals surface area contributed by atoms with E-state index in [1.54, 1.807) is 0 Å². The van der Waals surface area contributed by atoms with E-state index in [4.69, 9.17) is 4.74 Å². The number of hydrogen-bond acceptors (Lipinski definition) is 2. The first-order chi connectivity index (χ1) is 8.54. The summed E-state index contributed by atoms with van der Waals surface area (Å²) < 4.78 is 5.30. The molecule has 0 bridgehead atoms. The van der Waals surface area contributed by atoms with Crippen LogP contribution in [0.25, 0.3) is 0 Å². The number of rotatable bonds is 8. The van der Waals surface area contributed by atoms with Crippen LogP contribution < -0.4 is 10.5 Å². The lowest BCUT2D eigenvalue weighted by Crippen LogP contribution is -2.37. The van der Waals surface area contributed by atoms with Gasteiger partial charge in [0.1, 0.15) is 0 Å². The second kappa shape index (κ2) is 7.72. The van der Waals surface area contributed by atoms with E-state index < -0.39 is 8.07 Å². The molecule has 1 aromatic carbocycles. The van der Waals surface area contributed by atoms with Crippen LogP contribution in [0.4, 0.5) is 0 Å². The molecular weight excluding hydrogens is 238 g/mol. The Balaban J connectivity index is 2.27. The molecular formula is C15H27NOSi. The quantitative estimate of drug-likeness (QED) is 0.576. The molecule has 18 heavy (non-hydrogen) atoms. The third-order valence-electron chi connectivity index (χ3n) is 3.00. The second-order valence-corrected chi connectivity index (χ2v) is 10.8. The Morgan fingerprint density at radius 3 is 2.33 bits per heavy atom. The molecule has 1 aromatic rings. The van der Waals surface area contributed by atoms with Crippen LogP contribution in [-0.4, -0.2) is 27.8 Å². The zero-order chi connectivity index (χ0) is 13.4. The standard InChI is InChI=1S/C15H27NOSi/c1-5-17-12-6-11-16-13-14-7-9-15(10-8-14)18(2,3)4/h7-10,16H,5-6,11-13H2,1-4H3. The van der Waals surface area contributed by atoms with E-state index in [1.807, 2.05) is 6.92 Å². The molecule has 0 spiro atoms. The summed E-state index contributed by atoms with van der Waals surface area (Å²) in [5.74, 6) is 0. The van der Waals surface area contributed by atoms with Crippen LogP contribution in [-0.2, 0) is 11.3 Å². The van der Waals surface area contributed by atoms with Gasteiger partial charge in [-0.1, -0.05) is 49.1 Å². The first-order valence-electron chi connectivity index (χ1n) is 6.92. The predicted octanol–water partition coefficient (Wildman–Crippen LogP) is 2.75. The van der Waals surface area contributed by atoms with Gasteiger partial charge in [0.25, 0.3) is 0 Å². The van der Waals surface area contributed by atoms with Crippen molar-refractivity contribution in [3.63, 3.8) is 0 Å². The van der Waals surface area contributed by atoms with Gasteiger partial charge in [0.15, 0.2) is 0 Å². The Bertz CT molecular complexity index is 329. The smallest absolute Gasteiger partial charge is 0.0775 e. The minimum absolute atomic E-state index is 0.818. The molecule has 0 aliphatic carbocycles. The van der Waals surface area contributed by atoms with Crippen LogP contribution in [0.15, 0.2) is 24.3 Å². The largest absolute Gasteiger partial charge is 0.382 e. The Labute approximate surface area is 113 Å². The summed E-state index contributed by atoms with van der Waals surface area (Å²) in [7, 11) is -1.15. The summed E-state index contributed by atoms with van der Waals surface area (Å²) in [6, 6.07) is 9.10. The predicted molar refractivity (Wildman–Crippen MR) is 82.2 cm³/mol. The number of nitrogens with one attached hydrogen (secondary N) is 1. The Morgan fingerprint density at radius 2 is 1.78 bits per heavy atom. The average Bonchev–Trinajstić information content (AvgIpc) is 2.33. The maximum absolute atomic E-state index is 5.30. The molecule has 0 aromatic heterocycles. The van der Waals surface area contributed by atoms with E-state index in [0.717, 1.165) is 32.7 Å². The van der Waals surface area contributed by atoms with Gasteiger partial charge in [-0.3, -0.25) is 0 Å². The molecule has 0 aliphatic heterocycles. The van der Waals surface area contributed by atoms with Crippen molar-refractivity contribution in [3.8, 4) is 0 Å². The lowest BCUT2D eigenvalue weighted by Gasteiger charge is -2.16. The molecule has 0 aliphatic rings. The fourth-order valence-corrected chi connectivity index (χ4v) is 2.97. The van der Waals surface area contributed by atoms with Gasteiger partial charge in [0.2, 0.25) is 0 Å². The van der Waals surface area contributed by atoms with Gasteiger partial charge >= 0.3 is 0 Å². The van der Waals surface area contributed by atoms with Crippen molar-refractivity contribution in [2.45, 2.75) is 39.5 Å². The van der Waals surface area contributed by atoms with Gasteiger partial charge in [0, 0.05) is 19.8 Å². The van der Waals surface area contributed by atoms with Crippen LogP contribution >= 0.6 is 0 Å². The molecule has 0 atom stereocenters. The van der Waals surface area contributed by atoms with Gasteiger partial charge in [-0.05, 0) is 25.5 Å². The molecule has 102 valence electrons. The van der Waals surface area contributed by atoms with Gasteiger partial charge in [0.05, 0.1) is 8.07 Å². The Hall–Kier alpha value is -0.643. The fraction of sp³-hybridized carbons (Fsp3) is 0.600. The summed E-state index contributed by atoms with van der Waals surface area (Å²) >= 11 is 0. The average molecular weight is 265 g/mol. The summed E-state index contributed by atoms with van der Waals surface area (Å²) in [6.45, 7) is 12.8. The topological polar surface area (TPSA) is 21.3 Å². The summed E-state index contributed by atoms with van der Waals surface area (Å²) in [4.78, 5) is 0. The minimum Gasteiger partial charge on any atom is -0.382 e. The highest BCUT2D eigenvalue weighted by molar-refractivity contribution is 6.88. The minimum atomic E-state index is -1.15. The highest BCUT2D eigenvalue weighted by Crippen LogP contribution is 2.04. The van der Waals surface area contributed by atoms with Crippen LogP contribution in [0.1, 0.15) is 18.9 Å². The van der Waals surface area contributed by atoms with Gasteiger partial charge < -0.3 is 10.1 Å². The SMILES string of the molecule is CCOCCCNCc1ccc([Si](C)(C)C)cc1. The van der Waals surface area contributed by atoms with Crippen molar-refractivity contribution in [1.82, 2.24) is 5.32 Å². The lowest BCUT2D eigenvalue weighted by molar-refractivity contribution is 0.144. The van der Waals surface area contributed by atoms with Crippen molar-refractivity contribution >= 4 is 13.3 Å². The van der Waals surface area contributed by atoms with Crippen molar-refractivity contribution in [2.24, 2.45) is 0 Å². The molecule has 3 heteroatoms. The zero-order valence-corrected chi connectivity index (χ0v) is 13.3. The van der Waals surface area contributed by atoms with Crippen LogP contribution in [0.5, 0.6) is 0 Å². The van der Waals surface area contributed by atoms with Crippen LogP contribution in [0.2, 0.25) is 19.6 Å². The van der Waals surface area contributed by atoms with Crippen LogP contribution in [0.3, 0.4) is 0 Å². The highest BCUT2D eigenvalue weighted by Gasteiger charge is 2.15. The maximum Gasteiger partial charge on any atom is 0.0775 e. The lowest BCUT2D eigenvalue weighted by atomic mass is 10.2. The monoisotopic (exact) mass is 265 g/mol. The third kappa shape index (κ3) is 5.80. The molecule has 0 saturated heterocycles. The van der Waals surface area contributed by atoms with E-state index >= 15 is 0 Å². The van der Waals surface area contributed by atoms with E-state index in [0.29, 0.717) is 0 Å². The van der Waals surface area contributed by atoms with E-state index in [2.05, 4.69) is 49.2 Å². The fourth-order valence-electron chi connectivity index (χ4n) is 1.80. The van der Waals surface area contributed by atoms with E-state index in [1.165, 1.54) is 10.8 Å². The number of hydrogen-bond donors (Lipinski definition) is 1. The maximum atomic E-state index is 5.30. The number of ether oxygens (including phenoxy) is 1. The van der Waals surface area contributed by atoms with Crippen molar-refractivity contribution in [3.05, 3.63) is 29.8 Å². The van der Waals surface area contributed by atoms with Gasteiger partial charge in [-0.25, -0.2) is 0 Å². The first kappa shape index (κ1) is 15.4. The van der Waals surface area contributed by atoms with E-state index in [9.17, 15) is 0 Å². The summed E-state index contributed by atoms with van der Waals surface area (Å²) in [6.07, 6.45) is 1.08. The molecule has 2 nitrogen and oxygen atoms in total. The molecule has 0 saturated carbocycles. The highest BCUT2D eigenvalue weighted by atomic mass is 28.3. The molecule has 0 heterocycles. The van der Waals surface area contributed by atoms with Crippen molar-refractivity contribution < 1.29 is 4.74 Å².